The number of benzene rings is 1. The molecular weight excluding hydrogens is 249 g/mol. The maximum atomic E-state index is 13.7. The van der Waals surface area contributed by atoms with Crippen molar-refractivity contribution in [2.45, 2.75) is 19.4 Å². The number of aliphatic imine (C=N–C) groups is 1. The molecule has 1 heterocycles. The molecule has 5 nitrogen and oxygen atoms in total. The second-order valence-corrected chi connectivity index (χ2v) is 4.38. The summed E-state index contributed by atoms with van der Waals surface area (Å²) in [5.41, 5.74) is -0.509. The van der Waals surface area contributed by atoms with Crippen LogP contribution in [0.15, 0.2) is 23.2 Å². The summed E-state index contributed by atoms with van der Waals surface area (Å²) in [6.45, 7) is 4.10. The van der Waals surface area contributed by atoms with E-state index < -0.39 is 11.4 Å². The fourth-order valence-electron chi connectivity index (χ4n) is 1.98. The molecule has 1 unspecified atom stereocenters. The Bertz CT molecular complexity index is 545. The van der Waals surface area contributed by atoms with Crippen LogP contribution in [0.25, 0.3) is 0 Å². The van der Waals surface area contributed by atoms with Gasteiger partial charge in [-0.05, 0) is 31.5 Å². The Labute approximate surface area is 110 Å². The zero-order chi connectivity index (χ0) is 14.0. The maximum absolute atomic E-state index is 13.7. The van der Waals surface area contributed by atoms with Crippen molar-refractivity contribution in [2.75, 3.05) is 13.7 Å². The van der Waals surface area contributed by atoms with Crippen LogP contribution in [0.5, 0.6) is 5.75 Å². The molecule has 6 heteroatoms. The van der Waals surface area contributed by atoms with Crippen LogP contribution in [0.3, 0.4) is 0 Å². The van der Waals surface area contributed by atoms with Crippen LogP contribution in [0, 0.1) is 5.82 Å². The fourth-order valence-corrected chi connectivity index (χ4v) is 1.98. The minimum atomic E-state index is -1.03. The van der Waals surface area contributed by atoms with Gasteiger partial charge in [-0.25, -0.2) is 4.39 Å². The topological polar surface area (TPSA) is 62.7 Å². The third kappa shape index (κ3) is 2.25. The zero-order valence-electron chi connectivity index (χ0n) is 11.1. The highest BCUT2D eigenvalue weighted by atomic mass is 19.1. The van der Waals surface area contributed by atoms with Gasteiger partial charge in [0.05, 0.1) is 7.11 Å². The first-order valence-electron chi connectivity index (χ1n) is 5.99. The van der Waals surface area contributed by atoms with Crippen LogP contribution < -0.4 is 15.4 Å². The third-order valence-corrected chi connectivity index (χ3v) is 3.10. The Morgan fingerprint density at radius 2 is 2.21 bits per heavy atom. The molecule has 0 spiro atoms. The fraction of sp³-hybridized carbons (Fsp3) is 0.385. The lowest BCUT2D eigenvalue weighted by Crippen LogP contribution is -2.40. The predicted octanol–water partition coefficient (Wildman–Crippen LogP) is 1.14. The summed E-state index contributed by atoms with van der Waals surface area (Å²) < 4.78 is 18.6. The summed E-state index contributed by atoms with van der Waals surface area (Å²) in [5.74, 6) is -0.208. The summed E-state index contributed by atoms with van der Waals surface area (Å²) >= 11 is 0. The number of nitrogens with zero attached hydrogens (tertiary/aromatic N) is 1. The van der Waals surface area contributed by atoms with Gasteiger partial charge in [-0.15, -0.1) is 0 Å². The Kier molecular flexibility index (Phi) is 3.42. The van der Waals surface area contributed by atoms with Crippen molar-refractivity contribution in [3.05, 3.63) is 29.6 Å². The Balaban J connectivity index is 2.38. The molecule has 0 aliphatic carbocycles. The van der Waals surface area contributed by atoms with Gasteiger partial charge in [0.15, 0.2) is 17.5 Å². The van der Waals surface area contributed by atoms with Gasteiger partial charge in [0.1, 0.15) is 5.54 Å². The van der Waals surface area contributed by atoms with Gasteiger partial charge < -0.3 is 10.1 Å². The highest BCUT2D eigenvalue weighted by Crippen LogP contribution is 2.28. The van der Waals surface area contributed by atoms with Crippen molar-refractivity contribution >= 4 is 11.9 Å². The van der Waals surface area contributed by atoms with E-state index in [1.807, 2.05) is 6.92 Å². The lowest BCUT2D eigenvalue weighted by Gasteiger charge is -2.22. The van der Waals surface area contributed by atoms with Gasteiger partial charge in [-0.3, -0.25) is 15.1 Å². The number of amides is 1. The largest absolute Gasteiger partial charge is 0.494 e. The second-order valence-electron chi connectivity index (χ2n) is 4.38. The number of ether oxygens (including phenoxy) is 1. The van der Waals surface area contributed by atoms with Gasteiger partial charge >= 0.3 is 0 Å². The van der Waals surface area contributed by atoms with Crippen LogP contribution in [0.1, 0.15) is 19.4 Å². The molecule has 2 rings (SSSR count). The molecule has 2 N–H and O–H groups in total. The molecule has 0 aromatic heterocycles. The molecule has 1 aromatic carbocycles. The van der Waals surface area contributed by atoms with Crippen molar-refractivity contribution in [1.29, 1.82) is 0 Å². The van der Waals surface area contributed by atoms with E-state index in [9.17, 15) is 9.18 Å². The summed E-state index contributed by atoms with van der Waals surface area (Å²) in [5, 5.41) is 5.62. The Morgan fingerprint density at radius 3 is 2.79 bits per heavy atom. The summed E-state index contributed by atoms with van der Waals surface area (Å²) in [6, 6.07) is 4.45. The predicted molar refractivity (Wildman–Crippen MR) is 69.6 cm³/mol. The van der Waals surface area contributed by atoms with Gasteiger partial charge in [0.25, 0.3) is 5.91 Å². The summed E-state index contributed by atoms with van der Waals surface area (Å²) in [6.07, 6.45) is 0. The number of rotatable bonds is 3. The van der Waals surface area contributed by atoms with Crippen molar-refractivity contribution in [3.63, 3.8) is 0 Å². The summed E-state index contributed by atoms with van der Waals surface area (Å²) in [7, 11) is 1.40. The van der Waals surface area contributed by atoms with Crippen molar-refractivity contribution in [2.24, 2.45) is 4.99 Å². The molecule has 1 atom stereocenters. The van der Waals surface area contributed by atoms with Crippen LogP contribution in [0.4, 0.5) is 4.39 Å². The van der Waals surface area contributed by atoms with E-state index in [1.165, 1.54) is 19.2 Å². The molecule has 0 bridgehead atoms. The SMILES string of the molecule is CCN=C1NC(=O)C(C)(c2ccc(OC)c(F)c2)N1. The van der Waals surface area contributed by atoms with Crippen molar-refractivity contribution in [1.82, 2.24) is 10.6 Å². The molecule has 19 heavy (non-hydrogen) atoms. The zero-order valence-corrected chi connectivity index (χ0v) is 11.1. The quantitative estimate of drug-likeness (QED) is 0.861. The molecule has 1 saturated heterocycles. The van der Waals surface area contributed by atoms with E-state index >= 15 is 0 Å². The number of methoxy groups -OCH3 is 1. The molecule has 1 fully saturated rings. The van der Waals surface area contributed by atoms with Crippen molar-refractivity contribution < 1.29 is 13.9 Å². The third-order valence-electron chi connectivity index (χ3n) is 3.10. The molecule has 1 amide bonds. The molecule has 1 aliphatic rings. The smallest absolute Gasteiger partial charge is 0.256 e. The first-order valence-corrected chi connectivity index (χ1v) is 5.99. The van der Waals surface area contributed by atoms with Crippen LogP contribution in [0.2, 0.25) is 0 Å². The average molecular weight is 265 g/mol. The molecular formula is C13H16FN3O2. The highest BCUT2D eigenvalue weighted by molar-refractivity contribution is 6.09. The number of guanidine groups is 1. The Morgan fingerprint density at radius 1 is 1.47 bits per heavy atom. The average Bonchev–Trinajstić information content (AvgIpc) is 2.66. The van der Waals surface area contributed by atoms with E-state index in [0.29, 0.717) is 18.1 Å². The number of carbonyl (C=O) groups excluding carboxylic acids is 1. The first kappa shape index (κ1) is 13.3. The number of carbonyl (C=O) groups is 1. The number of nitrogens with one attached hydrogen (secondary N) is 2. The maximum Gasteiger partial charge on any atom is 0.256 e. The summed E-state index contributed by atoms with van der Waals surface area (Å²) in [4.78, 5) is 16.1. The highest BCUT2D eigenvalue weighted by Gasteiger charge is 2.42. The van der Waals surface area contributed by atoms with Crippen LogP contribution in [-0.4, -0.2) is 25.5 Å². The van der Waals surface area contributed by atoms with Crippen LogP contribution in [-0.2, 0) is 10.3 Å². The second kappa shape index (κ2) is 4.87. The Hall–Kier alpha value is -2.11. The van der Waals surface area contributed by atoms with Gasteiger partial charge in [-0.2, -0.15) is 0 Å². The minimum Gasteiger partial charge on any atom is -0.494 e. The molecule has 0 saturated carbocycles. The van der Waals surface area contributed by atoms with Crippen LogP contribution >= 0.6 is 0 Å². The van der Waals surface area contributed by atoms with Crippen molar-refractivity contribution in [3.8, 4) is 5.75 Å². The molecule has 0 radical (unpaired) electrons. The number of halogens is 1. The van der Waals surface area contributed by atoms with E-state index in [0.717, 1.165) is 0 Å². The monoisotopic (exact) mass is 265 g/mol. The number of hydrogen-bond acceptors (Lipinski definition) is 3. The molecule has 1 aliphatic heterocycles. The normalized spacial score (nSPS) is 24.2. The van der Waals surface area contributed by atoms with E-state index in [4.69, 9.17) is 4.74 Å². The van der Waals surface area contributed by atoms with E-state index in [2.05, 4.69) is 15.6 Å². The minimum absolute atomic E-state index is 0.146. The van der Waals surface area contributed by atoms with Gasteiger partial charge in [0, 0.05) is 6.54 Å². The molecule has 102 valence electrons. The van der Waals surface area contributed by atoms with Gasteiger partial charge in [0.2, 0.25) is 0 Å². The van der Waals surface area contributed by atoms with E-state index in [-0.39, 0.29) is 11.7 Å². The number of hydrogen-bond donors (Lipinski definition) is 2. The first-order chi connectivity index (χ1) is 9.01. The van der Waals surface area contributed by atoms with Gasteiger partial charge in [-0.1, -0.05) is 6.07 Å². The van der Waals surface area contributed by atoms with E-state index in [1.54, 1.807) is 13.0 Å². The standard InChI is InChI=1S/C13H16FN3O2/c1-4-15-12-16-11(18)13(2,17-12)8-5-6-10(19-3)9(14)7-8/h5-7H,4H2,1-3H3,(H2,15,16,17,18). The lowest BCUT2D eigenvalue weighted by atomic mass is 9.92. The lowest BCUT2D eigenvalue weighted by molar-refractivity contribution is -0.123. The molecule has 1 aromatic rings.